The van der Waals surface area contributed by atoms with Gasteiger partial charge in [0.1, 0.15) is 5.84 Å². The Labute approximate surface area is 97.8 Å². The van der Waals surface area contributed by atoms with E-state index in [1.807, 2.05) is 6.92 Å². The molecule has 1 aromatic carbocycles. The topological polar surface area (TPSA) is 32.7 Å². The predicted molar refractivity (Wildman–Crippen MR) is 68.8 cm³/mol. The van der Waals surface area contributed by atoms with Gasteiger partial charge in [-0.15, -0.1) is 0 Å². The van der Waals surface area contributed by atoms with Crippen LogP contribution in [0.3, 0.4) is 0 Å². The second-order valence-electron chi connectivity index (χ2n) is 3.94. The van der Waals surface area contributed by atoms with Gasteiger partial charge in [-0.25, -0.2) is 0 Å². The maximum absolute atomic E-state index is 10.9. The highest BCUT2D eigenvalue weighted by Gasteiger charge is 2.16. The van der Waals surface area contributed by atoms with Gasteiger partial charge in [0, 0.05) is 13.1 Å². The molecular formula is C12H15N2OP. The molecular weight excluding hydrogens is 219 g/mol. The van der Waals surface area contributed by atoms with Crippen molar-refractivity contribution in [3.05, 3.63) is 35.4 Å². The summed E-state index contributed by atoms with van der Waals surface area (Å²) < 4.78 is 0. The van der Waals surface area contributed by atoms with E-state index in [0.29, 0.717) is 0 Å². The number of fused-ring (bicyclic) bond motifs is 1. The molecule has 0 fully saturated rings. The molecule has 0 spiro atoms. The van der Waals surface area contributed by atoms with Crippen LogP contribution in [-0.2, 0) is 13.0 Å². The minimum Gasteiger partial charge on any atom is -0.356 e. The second kappa shape index (κ2) is 4.75. The predicted octanol–water partition coefficient (Wildman–Crippen LogP) is 2.46. The largest absolute Gasteiger partial charge is 0.356 e. The molecule has 1 aliphatic heterocycles. The SMILES string of the molecule is CC(=NC(=O)P)N1CCc2ccccc2C1. The molecule has 4 heteroatoms. The lowest BCUT2D eigenvalue weighted by Crippen LogP contribution is -2.34. The number of hydrogen-bond acceptors (Lipinski definition) is 1. The number of amides is 1. The van der Waals surface area contributed by atoms with Crippen LogP contribution in [0.25, 0.3) is 0 Å². The number of amidine groups is 1. The van der Waals surface area contributed by atoms with Gasteiger partial charge in [0.2, 0.25) is 0 Å². The minimum absolute atomic E-state index is 0.212. The van der Waals surface area contributed by atoms with Gasteiger partial charge in [-0.05, 0) is 33.7 Å². The molecule has 0 saturated heterocycles. The van der Waals surface area contributed by atoms with E-state index in [1.165, 1.54) is 11.1 Å². The fourth-order valence-electron chi connectivity index (χ4n) is 2.00. The lowest BCUT2D eigenvalue weighted by Gasteiger charge is -2.29. The van der Waals surface area contributed by atoms with E-state index in [2.05, 4.69) is 43.4 Å². The van der Waals surface area contributed by atoms with Crippen molar-refractivity contribution in [2.24, 2.45) is 4.99 Å². The Morgan fingerprint density at radius 2 is 2.06 bits per heavy atom. The Morgan fingerprint density at radius 3 is 2.75 bits per heavy atom. The van der Waals surface area contributed by atoms with Crippen LogP contribution in [0.2, 0.25) is 0 Å². The molecule has 0 bridgehead atoms. The number of hydrogen-bond donors (Lipinski definition) is 0. The Balaban J connectivity index is 2.17. The molecule has 3 nitrogen and oxygen atoms in total. The van der Waals surface area contributed by atoms with Crippen LogP contribution in [0.4, 0.5) is 4.79 Å². The van der Waals surface area contributed by atoms with Crippen molar-refractivity contribution in [2.75, 3.05) is 6.54 Å². The van der Waals surface area contributed by atoms with Crippen molar-refractivity contribution >= 4 is 20.7 Å². The minimum atomic E-state index is -0.212. The average molecular weight is 234 g/mol. The molecule has 1 heterocycles. The van der Waals surface area contributed by atoms with E-state index in [4.69, 9.17) is 0 Å². The molecule has 16 heavy (non-hydrogen) atoms. The summed E-state index contributed by atoms with van der Waals surface area (Å²) in [6.07, 6.45) is 1.02. The Bertz CT molecular complexity index is 442. The number of benzene rings is 1. The van der Waals surface area contributed by atoms with E-state index in [0.717, 1.165) is 25.3 Å². The summed E-state index contributed by atoms with van der Waals surface area (Å²) in [4.78, 5) is 17.0. The first-order valence-corrected chi connectivity index (χ1v) is 5.91. The molecule has 1 aromatic rings. The molecule has 1 atom stereocenters. The average Bonchev–Trinajstić information content (AvgIpc) is 2.27. The summed E-state index contributed by atoms with van der Waals surface area (Å²) in [5.41, 5.74) is 2.53. The molecule has 0 aliphatic carbocycles. The third kappa shape index (κ3) is 2.48. The normalized spacial score (nSPS) is 15.9. The van der Waals surface area contributed by atoms with Crippen LogP contribution in [0.1, 0.15) is 18.1 Å². The zero-order valence-corrected chi connectivity index (χ0v) is 10.5. The number of carbonyl (C=O) groups excluding carboxylic acids is 1. The van der Waals surface area contributed by atoms with Gasteiger partial charge in [0.25, 0.3) is 5.65 Å². The zero-order valence-electron chi connectivity index (χ0n) is 9.31. The van der Waals surface area contributed by atoms with Gasteiger partial charge < -0.3 is 4.90 Å². The van der Waals surface area contributed by atoms with Gasteiger partial charge in [0.05, 0.1) is 0 Å². The van der Waals surface area contributed by atoms with Crippen molar-refractivity contribution < 1.29 is 4.79 Å². The first kappa shape index (κ1) is 11.3. The van der Waals surface area contributed by atoms with E-state index >= 15 is 0 Å². The monoisotopic (exact) mass is 234 g/mol. The molecule has 0 aromatic heterocycles. The first-order valence-electron chi connectivity index (χ1n) is 5.33. The van der Waals surface area contributed by atoms with Crippen molar-refractivity contribution in [3.8, 4) is 0 Å². The Kier molecular flexibility index (Phi) is 3.35. The van der Waals surface area contributed by atoms with Crippen LogP contribution < -0.4 is 0 Å². The molecule has 0 radical (unpaired) electrons. The number of carbonyl (C=O) groups is 1. The van der Waals surface area contributed by atoms with Gasteiger partial charge in [0.15, 0.2) is 0 Å². The Morgan fingerprint density at radius 1 is 1.38 bits per heavy atom. The summed E-state index contributed by atoms with van der Waals surface area (Å²) in [5.74, 6) is 0.800. The standard InChI is InChI=1S/C12H15N2OP/c1-9(13-12(15)16)14-7-6-10-4-2-3-5-11(10)8-14/h2-5H,6-8,16H2,1H3. The van der Waals surface area contributed by atoms with Crippen molar-refractivity contribution in [3.63, 3.8) is 0 Å². The highest BCUT2D eigenvalue weighted by molar-refractivity contribution is 7.40. The van der Waals surface area contributed by atoms with E-state index in [1.54, 1.807) is 0 Å². The lowest BCUT2D eigenvalue weighted by atomic mass is 10.00. The number of aliphatic imine (C=N–C) groups is 1. The van der Waals surface area contributed by atoms with E-state index < -0.39 is 0 Å². The van der Waals surface area contributed by atoms with Gasteiger partial charge in [-0.1, -0.05) is 24.3 Å². The summed E-state index contributed by atoms with van der Waals surface area (Å²) in [5, 5.41) is 0. The van der Waals surface area contributed by atoms with Gasteiger partial charge in [-0.2, -0.15) is 4.99 Å². The van der Waals surface area contributed by atoms with Crippen LogP contribution in [0.5, 0.6) is 0 Å². The fraction of sp³-hybridized carbons (Fsp3) is 0.333. The molecule has 1 aliphatic rings. The summed E-state index contributed by atoms with van der Waals surface area (Å²) in [6.45, 7) is 3.67. The van der Waals surface area contributed by atoms with Gasteiger partial charge in [-0.3, -0.25) is 4.79 Å². The molecule has 0 N–H and O–H groups in total. The van der Waals surface area contributed by atoms with Crippen molar-refractivity contribution in [2.45, 2.75) is 19.9 Å². The number of nitrogens with zero attached hydrogens (tertiary/aromatic N) is 2. The molecule has 2 rings (SSSR count). The van der Waals surface area contributed by atoms with E-state index in [9.17, 15) is 4.79 Å². The highest BCUT2D eigenvalue weighted by Crippen LogP contribution is 2.18. The van der Waals surface area contributed by atoms with Crippen LogP contribution in [0.15, 0.2) is 29.3 Å². The maximum atomic E-state index is 10.9. The molecule has 84 valence electrons. The van der Waals surface area contributed by atoms with E-state index in [-0.39, 0.29) is 5.65 Å². The Hall–Kier alpha value is -1.21. The smallest absolute Gasteiger partial charge is 0.261 e. The molecule has 0 saturated carbocycles. The zero-order chi connectivity index (χ0) is 11.5. The third-order valence-electron chi connectivity index (χ3n) is 2.86. The van der Waals surface area contributed by atoms with Crippen LogP contribution >= 0.6 is 9.24 Å². The number of rotatable bonds is 0. The quantitative estimate of drug-likeness (QED) is 0.392. The van der Waals surface area contributed by atoms with Crippen LogP contribution in [-0.4, -0.2) is 22.9 Å². The van der Waals surface area contributed by atoms with Crippen molar-refractivity contribution in [1.29, 1.82) is 0 Å². The summed E-state index contributed by atoms with van der Waals surface area (Å²) in [7, 11) is 2.08. The molecule has 1 amide bonds. The first-order chi connectivity index (χ1) is 7.66. The van der Waals surface area contributed by atoms with Crippen molar-refractivity contribution in [1.82, 2.24) is 4.90 Å². The van der Waals surface area contributed by atoms with Crippen LogP contribution in [0, 0.1) is 0 Å². The summed E-state index contributed by atoms with van der Waals surface area (Å²) in [6, 6.07) is 8.43. The third-order valence-corrected chi connectivity index (χ3v) is 2.99. The fourth-order valence-corrected chi connectivity index (χ4v) is 2.19. The second-order valence-corrected chi connectivity index (χ2v) is 4.43. The summed E-state index contributed by atoms with van der Waals surface area (Å²) >= 11 is 0. The maximum Gasteiger partial charge on any atom is 0.261 e. The lowest BCUT2D eigenvalue weighted by molar-refractivity contribution is 0.267. The van der Waals surface area contributed by atoms with Gasteiger partial charge >= 0.3 is 0 Å². The molecule has 1 unspecified atom stereocenters. The highest BCUT2D eigenvalue weighted by atomic mass is 31.0.